The molecular formula is C16H14BrF3N2O4S. The topological polar surface area (TPSA) is 81.4 Å². The van der Waals surface area contributed by atoms with E-state index in [9.17, 15) is 31.6 Å². The molecule has 0 unspecified atom stereocenters. The highest BCUT2D eigenvalue weighted by molar-refractivity contribution is 9.10. The molecule has 0 spiro atoms. The molecule has 0 aliphatic rings. The van der Waals surface area contributed by atoms with Crippen molar-refractivity contribution in [3.63, 3.8) is 0 Å². The summed E-state index contributed by atoms with van der Waals surface area (Å²) >= 11 is 3.09. The highest BCUT2D eigenvalue weighted by atomic mass is 79.9. The van der Waals surface area contributed by atoms with Gasteiger partial charge in [0.1, 0.15) is 6.20 Å². The molecule has 2 rings (SSSR count). The zero-order chi connectivity index (χ0) is 20.6. The molecule has 2 aromatic rings. The summed E-state index contributed by atoms with van der Waals surface area (Å²) in [5.74, 6) is -1.54. The number of alkyl halides is 3. The van der Waals surface area contributed by atoms with Crippen LogP contribution in [0, 0.1) is 5.21 Å². The second kappa shape index (κ2) is 7.47. The maximum atomic E-state index is 13.0. The van der Waals surface area contributed by atoms with E-state index < -0.39 is 43.7 Å². The highest BCUT2D eigenvalue weighted by Crippen LogP contribution is 2.32. The molecule has 0 atom stereocenters. The lowest BCUT2D eigenvalue weighted by Crippen LogP contribution is -2.39. The van der Waals surface area contributed by atoms with Gasteiger partial charge in [-0.3, -0.25) is 0 Å². The minimum absolute atomic E-state index is 0.122. The number of carbonyl (C=O) groups is 1. The van der Waals surface area contributed by atoms with Crippen LogP contribution < -0.4 is 9.63 Å². The summed E-state index contributed by atoms with van der Waals surface area (Å²) in [7, 11) is -2.91. The predicted octanol–water partition coefficient (Wildman–Crippen LogP) is 3.17. The van der Waals surface area contributed by atoms with Gasteiger partial charge in [0.2, 0.25) is 0 Å². The molecule has 6 nitrogen and oxygen atoms in total. The van der Waals surface area contributed by atoms with Crippen LogP contribution in [-0.2, 0) is 16.0 Å². The van der Waals surface area contributed by atoms with Crippen molar-refractivity contribution < 1.29 is 31.1 Å². The minimum atomic E-state index is -4.77. The average molecular weight is 467 g/mol. The van der Waals surface area contributed by atoms with Crippen LogP contribution in [0.3, 0.4) is 0 Å². The Morgan fingerprint density at radius 2 is 1.89 bits per heavy atom. The van der Waals surface area contributed by atoms with Crippen LogP contribution >= 0.6 is 15.9 Å². The molecule has 0 bridgehead atoms. The van der Waals surface area contributed by atoms with Gasteiger partial charge in [-0.1, -0.05) is 6.92 Å². The van der Waals surface area contributed by atoms with Crippen molar-refractivity contribution in [1.82, 2.24) is 0 Å². The first-order chi connectivity index (χ1) is 12.4. The fourth-order valence-corrected chi connectivity index (χ4v) is 3.71. The Hall–Kier alpha value is -2.14. The maximum Gasteiger partial charge on any atom is 0.416 e. The highest BCUT2D eigenvalue weighted by Gasteiger charge is 2.35. The Kier molecular flexibility index (Phi) is 5.85. The van der Waals surface area contributed by atoms with E-state index in [1.807, 2.05) is 0 Å². The zero-order valence-corrected chi connectivity index (χ0v) is 16.5. The lowest BCUT2D eigenvalue weighted by molar-refractivity contribution is -0.592. The molecule has 1 aromatic heterocycles. The second-order valence-electron chi connectivity index (χ2n) is 5.51. The van der Waals surface area contributed by atoms with Gasteiger partial charge in [-0.15, -0.1) is 0 Å². The van der Waals surface area contributed by atoms with Gasteiger partial charge in [-0.2, -0.15) is 18.1 Å². The number of rotatable bonds is 4. The average Bonchev–Trinajstić information content (AvgIpc) is 2.59. The number of hydrogen-bond donors (Lipinski definition) is 0. The van der Waals surface area contributed by atoms with Crippen molar-refractivity contribution in [3.8, 4) is 0 Å². The Morgan fingerprint density at radius 1 is 1.26 bits per heavy atom. The van der Waals surface area contributed by atoms with Crippen LogP contribution in [0.5, 0.6) is 0 Å². The molecule has 0 N–H and O–H groups in total. The van der Waals surface area contributed by atoms with Gasteiger partial charge in [-0.05, 0) is 40.2 Å². The molecule has 146 valence electrons. The molecule has 0 aliphatic carbocycles. The Morgan fingerprint density at radius 3 is 2.41 bits per heavy atom. The Balaban J connectivity index is 2.61. The van der Waals surface area contributed by atoms with E-state index in [1.165, 1.54) is 26.1 Å². The Labute approximate surface area is 161 Å². The van der Waals surface area contributed by atoms with Crippen LogP contribution in [0.2, 0.25) is 0 Å². The summed E-state index contributed by atoms with van der Waals surface area (Å²) in [5.41, 5.74) is -1.63. The molecule has 1 heterocycles. The number of pyridine rings is 1. The lowest BCUT2D eigenvalue weighted by atomic mass is 10.1. The van der Waals surface area contributed by atoms with Gasteiger partial charge in [0.05, 0.1) is 33.3 Å². The number of carbonyl (C=O) groups excluding carboxylic acids is 1. The number of benzene rings is 1. The molecule has 1 amide bonds. The van der Waals surface area contributed by atoms with E-state index in [1.54, 1.807) is 0 Å². The van der Waals surface area contributed by atoms with Gasteiger partial charge < -0.3 is 5.21 Å². The lowest BCUT2D eigenvalue weighted by Gasteiger charge is -2.17. The van der Waals surface area contributed by atoms with E-state index in [0.29, 0.717) is 21.3 Å². The zero-order valence-electron chi connectivity index (χ0n) is 14.1. The van der Waals surface area contributed by atoms with Crippen molar-refractivity contribution in [2.24, 2.45) is 0 Å². The third-order valence-corrected chi connectivity index (χ3v) is 6.00. The first-order valence-corrected chi connectivity index (χ1v) is 9.93. The van der Waals surface area contributed by atoms with E-state index >= 15 is 0 Å². The summed E-state index contributed by atoms with van der Waals surface area (Å²) in [6, 6.07) is 4.67. The predicted molar refractivity (Wildman–Crippen MR) is 95.0 cm³/mol. The SMILES string of the molecule is CCS(=O)(=O)c1cc(C(F)(F)F)ccc1C(=O)N(C)c1ccc(Br)c[n+]1[O-]. The fourth-order valence-electron chi connectivity index (χ4n) is 2.28. The van der Waals surface area contributed by atoms with Crippen molar-refractivity contribution in [1.29, 1.82) is 0 Å². The molecule has 0 radical (unpaired) electrons. The van der Waals surface area contributed by atoms with Gasteiger partial charge in [0, 0.05) is 6.07 Å². The molecule has 27 heavy (non-hydrogen) atoms. The number of nitrogens with zero attached hydrogens (tertiary/aromatic N) is 2. The van der Waals surface area contributed by atoms with E-state index in [4.69, 9.17) is 0 Å². The first-order valence-electron chi connectivity index (χ1n) is 7.49. The fraction of sp³-hybridized carbons (Fsp3) is 0.250. The summed E-state index contributed by atoms with van der Waals surface area (Å²) in [4.78, 5) is 12.9. The number of amides is 1. The van der Waals surface area contributed by atoms with Crippen molar-refractivity contribution in [2.75, 3.05) is 17.7 Å². The molecule has 0 saturated carbocycles. The molecule has 0 aliphatic heterocycles. The molecule has 0 fully saturated rings. The van der Waals surface area contributed by atoms with Crippen LogP contribution in [0.1, 0.15) is 22.8 Å². The number of sulfone groups is 1. The summed E-state index contributed by atoms with van der Waals surface area (Å²) in [6.45, 7) is 1.26. The standard InChI is InChI=1S/C16H14BrF3N2O4S/c1-3-27(25,26)13-8-10(16(18,19)20)4-6-12(13)15(23)21(2)14-7-5-11(17)9-22(14)24/h4-9H,3H2,1-2H3. The van der Waals surface area contributed by atoms with Gasteiger partial charge >= 0.3 is 12.1 Å². The maximum absolute atomic E-state index is 13.0. The summed E-state index contributed by atoms with van der Waals surface area (Å²) in [5, 5.41) is 12.0. The van der Waals surface area contributed by atoms with Crippen molar-refractivity contribution in [2.45, 2.75) is 18.0 Å². The van der Waals surface area contributed by atoms with Gasteiger partial charge in [0.15, 0.2) is 9.84 Å². The Bertz CT molecular complexity index is 994. The third-order valence-electron chi connectivity index (χ3n) is 3.76. The summed E-state index contributed by atoms with van der Waals surface area (Å²) < 4.78 is 64.3. The van der Waals surface area contributed by atoms with Crippen LogP contribution in [0.25, 0.3) is 0 Å². The monoisotopic (exact) mass is 466 g/mol. The largest absolute Gasteiger partial charge is 0.711 e. The number of aromatic nitrogens is 1. The van der Waals surface area contributed by atoms with Crippen molar-refractivity contribution >= 4 is 37.5 Å². The molecule has 11 heteroatoms. The minimum Gasteiger partial charge on any atom is -0.711 e. The van der Waals surface area contributed by atoms with Gasteiger partial charge in [0.25, 0.3) is 5.82 Å². The van der Waals surface area contributed by atoms with E-state index in [-0.39, 0.29) is 5.82 Å². The summed E-state index contributed by atoms with van der Waals surface area (Å²) in [6.07, 6.45) is -3.63. The van der Waals surface area contributed by atoms with Gasteiger partial charge in [-0.25, -0.2) is 17.9 Å². The van der Waals surface area contributed by atoms with Crippen molar-refractivity contribution in [3.05, 3.63) is 57.3 Å². The number of anilines is 1. The first kappa shape index (κ1) is 21.2. The normalized spacial score (nSPS) is 12.1. The van der Waals surface area contributed by atoms with Crippen LogP contribution in [0.15, 0.2) is 45.9 Å². The number of hydrogen-bond acceptors (Lipinski definition) is 4. The van der Waals surface area contributed by atoms with E-state index in [2.05, 4.69) is 15.9 Å². The molecule has 0 saturated heterocycles. The quantitative estimate of drug-likeness (QED) is 0.511. The third kappa shape index (κ3) is 4.41. The van der Waals surface area contributed by atoms with Crippen LogP contribution in [-0.4, -0.2) is 27.1 Å². The smallest absolute Gasteiger partial charge is 0.416 e. The second-order valence-corrected chi connectivity index (χ2v) is 8.67. The van der Waals surface area contributed by atoms with E-state index in [0.717, 1.165) is 17.2 Å². The van der Waals surface area contributed by atoms with Crippen LogP contribution in [0.4, 0.5) is 19.0 Å². The molecule has 1 aromatic carbocycles. The number of halogens is 4. The molecular weight excluding hydrogens is 453 g/mol.